The molecule has 2 aromatic heterocycles. The standard InChI is InChI=1S/C24H22BrClN6O/c1-15-12-31(14-17-10-18(25)4-5-19(15)17)24-30-29-23(21-11-27-7-8-28-21)32(24)13-16-3-6-20(26)22(9-16)33-2/h3-11,15H,12-14H2,1-2H3. The molecule has 168 valence electrons. The number of benzene rings is 2. The molecule has 2 aromatic carbocycles. The first-order valence-corrected chi connectivity index (χ1v) is 11.8. The summed E-state index contributed by atoms with van der Waals surface area (Å²) in [5.41, 5.74) is 4.35. The van der Waals surface area contributed by atoms with E-state index in [0.717, 1.165) is 29.1 Å². The summed E-state index contributed by atoms with van der Waals surface area (Å²) in [5.74, 6) is 2.46. The SMILES string of the molecule is COc1cc(Cn2c(-c3cnccn3)nnc2N2Cc3cc(Br)ccc3C(C)C2)ccc1Cl. The van der Waals surface area contributed by atoms with Crippen molar-refractivity contribution in [3.8, 4) is 17.3 Å². The molecule has 0 aliphatic carbocycles. The molecule has 7 nitrogen and oxygen atoms in total. The Morgan fingerprint density at radius 2 is 2.03 bits per heavy atom. The van der Waals surface area contributed by atoms with E-state index in [2.05, 4.69) is 70.7 Å². The molecule has 0 amide bonds. The summed E-state index contributed by atoms with van der Waals surface area (Å²) in [6, 6.07) is 12.3. The normalized spacial score (nSPS) is 15.4. The zero-order valence-electron chi connectivity index (χ0n) is 18.2. The highest BCUT2D eigenvalue weighted by molar-refractivity contribution is 9.10. The average molecular weight is 526 g/mol. The molecule has 33 heavy (non-hydrogen) atoms. The molecule has 1 aliphatic heterocycles. The minimum Gasteiger partial charge on any atom is -0.495 e. The van der Waals surface area contributed by atoms with E-state index in [1.807, 2.05) is 18.2 Å². The van der Waals surface area contributed by atoms with E-state index in [-0.39, 0.29) is 0 Å². The number of hydrogen-bond donors (Lipinski definition) is 0. The Balaban J connectivity index is 1.57. The minimum atomic E-state index is 0.364. The van der Waals surface area contributed by atoms with Gasteiger partial charge in [-0.15, -0.1) is 10.2 Å². The van der Waals surface area contributed by atoms with Gasteiger partial charge in [0.15, 0.2) is 5.82 Å². The highest BCUT2D eigenvalue weighted by Gasteiger charge is 2.27. The van der Waals surface area contributed by atoms with Crippen molar-refractivity contribution in [2.45, 2.75) is 25.9 Å². The Morgan fingerprint density at radius 1 is 1.15 bits per heavy atom. The Labute approximate surface area is 205 Å². The van der Waals surface area contributed by atoms with Gasteiger partial charge in [-0.3, -0.25) is 9.55 Å². The Kier molecular flexibility index (Phi) is 6.03. The largest absolute Gasteiger partial charge is 0.495 e. The molecule has 0 saturated carbocycles. The molecule has 4 aromatic rings. The number of hydrogen-bond acceptors (Lipinski definition) is 6. The van der Waals surface area contributed by atoms with Gasteiger partial charge in [-0.2, -0.15) is 0 Å². The molecule has 0 spiro atoms. The van der Waals surface area contributed by atoms with Crippen LogP contribution in [0.2, 0.25) is 5.02 Å². The fourth-order valence-corrected chi connectivity index (χ4v) is 4.91. The van der Waals surface area contributed by atoms with E-state index in [9.17, 15) is 0 Å². The molecule has 0 saturated heterocycles. The molecule has 3 heterocycles. The van der Waals surface area contributed by atoms with Crippen molar-refractivity contribution in [3.05, 3.63) is 81.2 Å². The lowest BCUT2D eigenvalue weighted by Gasteiger charge is -2.34. The number of rotatable bonds is 5. The van der Waals surface area contributed by atoms with Crippen LogP contribution in [-0.4, -0.2) is 38.4 Å². The number of fused-ring (bicyclic) bond motifs is 1. The molecule has 0 fully saturated rings. The molecule has 1 aliphatic rings. The smallest absolute Gasteiger partial charge is 0.228 e. The van der Waals surface area contributed by atoms with Crippen molar-refractivity contribution in [3.63, 3.8) is 0 Å². The van der Waals surface area contributed by atoms with Crippen molar-refractivity contribution in [2.24, 2.45) is 0 Å². The molecular weight excluding hydrogens is 504 g/mol. The number of aromatic nitrogens is 5. The van der Waals surface area contributed by atoms with Crippen LogP contribution in [0.1, 0.15) is 29.5 Å². The van der Waals surface area contributed by atoms with Crippen LogP contribution >= 0.6 is 27.5 Å². The van der Waals surface area contributed by atoms with E-state index in [1.165, 1.54) is 11.1 Å². The average Bonchev–Trinajstić information content (AvgIpc) is 3.24. The van der Waals surface area contributed by atoms with Crippen molar-refractivity contribution < 1.29 is 4.74 Å². The van der Waals surface area contributed by atoms with E-state index < -0.39 is 0 Å². The second-order valence-electron chi connectivity index (χ2n) is 8.09. The predicted octanol–water partition coefficient (Wildman–Crippen LogP) is 5.33. The van der Waals surface area contributed by atoms with Crippen LogP contribution < -0.4 is 9.64 Å². The molecule has 0 N–H and O–H groups in total. The zero-order chi connectivity index (χ0) is 22.9. The molecule has 0 bridgehead atoms. The summed E-state index contributed by atoms with van der Waals surface area (Å²) in [4.78, 5) is 11.0. The summed E-state index contributed by atoms with van der Waals surface area (Å²) < 4.78 is 8.58. The highest BCUT2D eigenvalue weighted by Crippen LogP contribution is 2.34. The lowest BCUT2D eigenvalue weighted by Crippen LogP contribution is -2.34. The summed E-state index contributed by atoms with van der Waals surface area (Å²) >= 11 is 9.86. The van der Waals surface area contributed by atoms with Gasteiger partial charge >= 0.3 is 0 Å². The van der Waals surface area contributed by atoms with Crippen molar-refractivity contribution in [1.29, 1.82) is 0 Å². The molecule has 0 radical (unpaired) electrons. The number of methoxy groups -OCH3 is 1. The maximum atomic E-state index is 6.25. The molecule has 1 atom stereocenters. The van der Waals surface area contributed by atoms with E-state index in [0.29, 0.717) is 34.8 Å². The first kappa shape index (κ1) is 21.9. The van der Waals surface area contributed by atoms with Crippen LogP contribution in [0.3, 0.4) is 0 Å². The maximum absolute atomic E-state index is 6.25. The van der Waals surface area contributed by atoms with Gasteiger partial charge in [-0.25, -0.2) is 4.98 Å². The van der Waals surface area contributed by atoms with Crippen LogP contribution in [0.4, 0.5) is 5.95 Å². The third-order valence-corrected chi connectivity index (χ3v) is 6.66. The third kappa shape index (κ3) is 4.32. The van der Waals surface area contributed by atoms with Gasteiger partial charge in [-0.05, 0) is 46.9 Å². The lowest BCUT2D eigenvalue weighted by molar-refractivity contribution is 0.414. The predicted molar refractivity (Wildman–Crippen MR) is 132 cm³/mol. The van der Waals surface area contributed by atoms with Crippen molar-refractivity contribution >= 4 is 33.5 Å². The van der Waals surface area contributed by atoms with Gasteiger partial charge in [0.25, 0.3) is 0 Å². The van der Waals surface area contributed by atoms with Gasteiger partial charge in [0, 0.05) is 30.0 Å². The Hall–Kier alpha value is -2.97. The topological polar surface area (TPSA) is 69.0 Å². The van der Waals surface area contributed by atoms with Crippen molar-refractivity contribution in [2.75, 3.05) is 18.6 Å². The molecule has 5 rings (SSSR count). The van der Waals surface area contributed by atoms with Gasteiger partial charge in [0.2, 0.25) is 5.95 Å². The fourth-order valence-electron chi connectivity index (χ4n) is 4.31. The van der Waals surface area contributed by atoms with Gasteiger partial charge in [-0.1, -0.05) is 46.6 Å². The first-order valence-electron chi connectivity index (χ1n) is 10.6. The Morgan fingerprint density at radius 3 is 2.82 bits per heavy atom. The van der Waals surface area contributed by atoms with E-state index >= 15 is 0 Å². The minimum absolute atomic E-state index is 0.364. The second-order valence-corrected chi connectivity index (χ2v) is 9.42. The first-order chi connectivity index (χ1) is 16.0. The van der Waals surface area contributed by atoms with Gasteiger partial charge in [0.05, 0.1) is 24.9 Å². The third-order valence-electron chi connectivity index (χ3n) is 5.85. The van der Waals surface area contributed by atoms with E-state index in [4.69, 9.17) is 16.3 Å². The number of anilines is 1. The number of nitrogens with zero attached hydrogens (tertiary/aromatic N) is 6. The molecular formula is C24H22BrClN6O. The fraction of sp³-hybridized carbons (Fsp3) is 0.250. The molecule has 9 heteroatoms. The van der Waals surface area contributed by atoms with Crippen LogP contribution in [0.25, 0.3) is 11.5 Å². The van der Waals surface area contributed by atoms with Crippen LogP contribution in [-0.2, 0) is 13.1 Å². The van der Waals surface area contributed by atoms with Gasteiger partial charge < -0.3 is 9.64 Å². The van der Waals surface area contributed by atoms with Crippen molar-refractivity contribution in [1.82, 2.24) is 24.7 Å². The summed E-state index contributed by atoms with van der Waals surface area (Å²) in [6.07, 6.45) is 5.02. The maximum Gasteiger partial charge on any atom is 0.228 e. The lowest BCUT2D eigenvalue weighted by atomic mass is 9.91. The summed E-state index contributed by atoms with van der Waals surface area (Å²) in [5, 5.41) is 9.70. The van der Waals surface area contributed by atoms with Gasteiger partial charge in [0.1, 0.15) is 11.4 Å². The molecule has 1 unspecified atom stereocenters. The number of ether oxygens (including phenoxy) is 1. The number of halogens is 2. The van der Waals surface area contributed by atoms with Crippen LogP contribution in [0.15, 0.2) is 59.5 Å². The summed E-state index contributed by atoms with van der Waals surface area (Å²) in [7, 11) is 1.62. The monoisotopic (exact) mass is 524 g/mol. The second kappa shape index (κ2) is 9.11. The quantitative estimate of drug-likeness (QED) is 0.351. The summed E-state index contributed by atoms with van der Waals surface area (Å²) in [6.45, 7) is 4.38. The Bertz CT molecular complexity index is 1300. The zero-order valence-corrected chi connectivity index (χ0v) is 20.6. The van der Waals surface area contributed by atoms with Crippen LogP contribution in [0, 0.1) is 0 Å². The van der Waals surface area contributed by atoms with Crippen LogP contribution in [0.5, 0.6) is 5.75 Å². The highest BCUT2D eigenvalue weighted by atomic mass is 79.9. The van der Waals surface area contributed by atoms with E-state index in [1.54, 1.807) is 25.7 Å².